The molecule has 4 heterocycles. The fourth-order valence-electron chi connectivity index (χ4n) is 3.71. The molecule has 4 aromatic heterocycles. The highest BCUT2D eigenvalue weighted by atomic mass is 16.5. The van der Waals surface area contributed by atoms with Crippen LogP contribution in [0.4, 0.5) is 5.82 Å². The minimum Gasteiger partial charge on any atom is -0.457 e. The normalized spacial score (nSPS) is 10.8. The average Bonchev–Trinajstić information content (AvgIpc) is 3.52. The summed E-state index contributed by atoms with van der Waals surface area (Å²) < 4.78 is 9.49. The molecular formula is C26H23N7O3. The highest BCUT2D eigenvalue weighted by molar-refractivity contribution is 6.03. The minimum atomic E-state index is -0.325. The summed E-state index contributed by atoms with van der Waals surface area (Å²) in [6, 6.07) is 12.5. The van der Waals surface area contributed by atoms with Crippen LogP contribution < -0.4 is 15.4 Å². The molecule has 0 atom stereocenters. The SMILES string of the molecule is Cc1c(Oc2ccnc(NC(=O)c3cnn(C)c3)c2)cccc1C(=O)NCc1ccn2ccnc2c1. The van der Waals surface area contributed by atoms with Gasteiger partial charge in [-0.15, -0.1) is 0 Å². The molecule has 10 nitrogen and oxygen atoms in total. The number of anilines is 1. The summed E-state index contributed by atoms with van der Waals surface area (Å²) >= 11 is 0. The van der Waals surface area contributed by atoms with E-state index in [0.717, 1.165) is 11.2 Å². The summed E-state index contributed by atoms with van der Waals surface area (Å²) in [4.78, 5) is 33.8. The van der Waals surface area contributed by atoms with Crippen molar-refractivity contribution >= 4 is 23.3 Å². The maximum absolute atomic E-state index is 12.9. The minimum absolute atomic E-state index is 0.208. The molecule has 0 unspecified atom stereocenters. The molecule has 5 aromatic rings. The second kappa shape index (κ2) is 9.71. The predicted octanol–water partition coefficient (Wildman–Crippen LogP) is 3.75. The second-order valence-corrected chi connectivity index (χ2v) is 8.17. The van der Waals surface area contributed by atoms with Crippen LogP contribution in [0.2, 0.25) is 0 Å². The van der Waals surface area contributed by atoms with E-state index in [9.17, 15) is 9.59 Å². The van der Waals surface area contributed by atoms with Gasteiger partial charge in [0.05, 0.1) is 11.8 Å². The van der Waals surface area contributed by atoms with Gasteiger partial charge in [0.1, 0.15) is 23.0 Å². The fourth-order valence-corrected chi connectivity index (χ4v) is 3.71. The summed E-state index contributed by atoms with van der Waals surface area (Å²) in [5.41, 5.74) is 3.39. The van der Waals surface area contributed by atoms with Crippen LogP contribution >= 0.6 is 0 Å². The van der Waals surface area contributed by atoms with Crippen molar-refractivity contribution in [2.24, 2.45) is 7.05 Å². The highest BCUT2D eigenvalue weighted by Crippen LogP contribution is 2.28. The van der Waals surface area contributed by atoms with Crippen LogP contribution in [0.3, 0.4) is 0 Å². The second-order valence-electron chi connectivity index (χ2n) is 8.17. The molecule has 0 saturated heterocycles. The first kappa shape index (κ1) is 22.8. The van der Waals surface area contributed by atoms with Crippen LogP contribution in [0.15, 0.2) is 79.6 Å². The Morgan fingerprint density at radius 1 is 1.03 bits per heavy atom. The van der Waals surface area contributed by atoms with Gasteiger partial charge >= 0.3 is 0 Å². The maximum atomic E-state index is 12.9. The van der Waals surface area contributed by atoms with Crippen LogP contribution in [-0.2, 0) is 13.6 Å². The topological polar surface area (TPSA) is 115 Å². The monoisotopic (exact) mass is 481 g/mol. The van der Waals surface area contributed by atoms with Crippen LogP contribution in [0.5, 0.6) is 11.5 Å². The average molecular weight is 482 g/mol. The summed E-state index contributed by atoms with van der Waals surface area (Å²) in [6.07, 6.45) is 10.1. The number of benzene rings is 1. The van der Waals surface area contributed by atoms with Gasteiger partial charge in [0.15, 0.2) is 0 Å². The summed E-state index contributed by atoms with van der Waals surface area (Å²) in [5, 5.41) is 9.69. The van der Waals surface area contributed by atoms with Crippen LogP contribution in [0.25, 0.3) is 5.65 Å². The molecule has 0 fully saturated rings. The van der Waals surface area contributed by atoms with E-state index >= 15 is 0 Å². The molecule has 0 bridgehead atoms. The molecule has 0 saturated carbocycles. The lowest BCUT2D eigenvalue weighted by Crippen LogP contribution is -2.23. The third-order valence-corrected chi connectivity index (χ3v) is 5.61. The Balaban J connectivity index is 1.26. The molecule has 5 rings (SSSR count). The van der Waals surface area contributed by atoms with Gasteiger partial charge in [0.2, 0.25) is 0 Å². The van der Waals surface area contributed by atoms with Crippen LogP contribution in [0.1, 0.15) is 31.8 Å². The Bertz CT molecular complexity index is 1570. The molecule has 0 aliphatic heterocycles. The van der Waals surface area contributed by atoms with E-state index in [1.54, 1.807) is 54.5 Å². The Hall–Kier alpha value is -4.99. The van der Waals surface area contributed by atoms with E-state index in [4.69, 9.17) is 4.74 Å². The first-order chi connectivity index (χ1) is 17.5. The molecule has 10 heteroatoms. The fraction of sp³-hybridized carbons (Fsp3) is 0.115. The first-order valence-corrected chi connectivity index (χ1v) is 11.2. The van der Waals surface area contributed by atoms with Crippen LogP contribution in [0, 0.1) is 6.92 Å². The maximum Gasteiger partial charge on any atom is 0.260 e. The number of fused-ring (bicyclic) bond motifs is 1. The summed E-state index contributed by atoms with van der Waals surface area (Å²) in [6.45, 7) is 2.20. The zero-order valence-electron chi connectivity index (χ0n) is 19.7. The first-order valence-electron chi connectivity index (χ1n) is 11.2. The van der Waals surface area contributed by atoms with Gasteiger partial charge in [-0.05, 0) is 42.8 Å². The molecule has 0 spiro atoms. The van der Waals surface area contributed by atoms with Crippen molar-refractivity contribution in [1.82, 2.24) is 29.5 Å². The van der Waals surface area contributed by atoms with Gasteiger partial charge in [-0.2, -0.15) is 5.10 Å². The summed E-state index contributed by atoms with van der Waals surface area (Å²) in [7, 11) is 1.74. The van der Waals surface area contributed by atoms with E-state index in [2.05, 4.69) is 25.7 Å². The summed E-state index contributed by atoms with van der Waals surface area (Å²) in [5.74, 6) is 0.800. The number of carbonyl (C=O) groups excluding carboxylic acids is 2. The van der Waals surface area contributed by atoms with Gasteiger partial charge in [-0.1, -0.05) is 6.07 Å². The lowest BCUT2D eigenvalue weighted by Gasteiger charge is -2.13. The Labute approximate surface area is 206 Å². The Morgan fingerprint density at radius 3 is 2.75 bits per heavy atom. The molecule has 1 aromatic carbocycles. The number of nitrogens with one attached hydrogen (secondary N) is 2. The van der Waals surface area contributed by atoms with Crippen LogP contribution in [-0.4, -0.2) is 36.0 Å². The van der Waals surface area contributed by atoms with Crippen molar-refractivity contribution in [2.75, 3.05) is 5.32 Å². The molecule has 2 N–H and O–H groups in total. The lowest BCUT2D eigenvalue weighted by molar-refractivity contribution is 0.0949. The number of amides is 2. The number of imidazole rings is 1. The number of rotatable bonds is 7. The van der Waals surface area contributed by atoms with E-state index in [0.29, 0.717) is 40.6 Å². The molecule has 2 amide bonds. The van der Waals surface area contributed by atoms with Crippen molar-refractivity contribution in [3.63, 3.8) is 0 Å². The largest absolute Gasteiger partial charge is 0.457 e. The quantitative estimate of drug-likeness (QED) is 0.366. The van der Waals surface area contributed by atoms with Gasteiger partial charge < -0.3 is 19.8 Å². The van der Waals surface area contributed by atoms with E-state index in [1.165, 1.54) is 12.4 Å². The predicted molar refractivity (Wildman–Crippen MR) is 133 cm³/mol. The number of hydrogen-bond donors (Lipinski definition) is 2. The van der Waals surface area contributed by atoms with Gasteiger partial charge in [0.25, 0.3) is 11.8 Å². The van der Waals surface area contributed by atoms with Gasteiger partial charge in [-0.3, -0.25) is 14.3 Å². The Morgan fingerprint density at radius 2 is 1.92 bits per heavy atom. The molecule has 36 heavy (non-hydrogen) atoms. The molecule has 180 valence electrons. The molecule has 0 aliphatic carbocycles. The van der Waals surface area contributed by atoms with Crippen molar-refractivity contribution < 1.29 is 14.3 Å². The van der Waals surface area contributed by atoms with Crippen molar-refractivity contribution in [2.45, 2.75) is 13.5 Å². The number of hydrogen-bond acceptors (Lipinski definition) is 6. The Kier molecular flexibility index (Phi) is 6.14. The lowest BCUT2D eigenvalue weighted by atomic mass is 10.1. The molecular weight excluding hydrogens is 458 g/mol. The number of aromatic nitrogens is 5. The van der Waals surface area contributed by atoms with Crippen molar-refractivity contribution in [3.05, 3.63) is 102 Å². The zero-order chi connectivity index (χ0) is 25.1. The smallest absolute Gasteiger partial charge is 0.260 e. The van der Waals surface area contributed by atoms with Crippen molar-refractivity contribution in [3.8, 4) is 11.5 Å². The number of nitrogens with zero attached hydrogens (tertiary/aromatic N) is 5. The molecule has 0 radical (unpaired) electrons. The van der Waals surface area contributed by atoms with Gasteiger partial charge in [-0.25, -0.2) is 9.97 Å². The third-order valence-electron chi connectivity index (χ3n) is 5.61. The number of pyridine rings is 2. The number of carbonyl (C=O) groups is 2. The van der Waals surface area contributed by atoms with E-state index in [1.807, 2.05) is 35.9 Å². The van der Waals surface area contributed by atoms with Gasteiger partial charge in [0, 0.05) is 61.8 Å². The van der Waals surface area contributed by atoms with Crippen molar-refractivity contribution in [1.29, 1.82) is 0 Å². The third kappa shape index (κ3) is 4.92. The molecule has 0 aliphatic rings. The highest BCUT2D eigenvalue weighted by Gasteiger charge is 2.14. The number of ether oxygens (including phenoxy) is 1. The number of aryl methyl sites for hydroxylation is 1. The zero-order valence-corrected chi connectivity index (χ0v) is 19.7. The standard InChI is InChI=1S/C26H23N7O3/c1-17-21(26(35)29-14-18-7-10-33-11-9-28-24(33)12-18)4-3-5-22(17)36-20-6-8-27-23(13-20)31-25(34)19-15-30-32(2)16-19/h3-13,15-16H,14H2,1-2H3,(H,29,35)(H,27,31,34). The van der Waals surface area contributed by atoms with E-state index in [-0.39, 0.29) is 11.8 Å². The van der Waals surface area contributed by atoms with E-state index < -0.39 is 0 Å².